The minimum Gasteiger partial charge on any atom is -0.444 e. The quantitative estimate of drug-likeness (QED) is 0.611. The first-order chi connectivity index (χ1) is 16.1. The molecule has 1 amide bonds. The maximum atomic E-state index is 14.6. The van der Waals surface area contributed by atoms with Crippen LogP contribution in [-0.2, 0) is 29.1 Å². The zero-order valence-corrected chi connectivity index (χ0v) is 21.0. The molecular weight excluding hydrogens is 462 g/mol. The van der Waals surface area contributed by atoms with Gasteiger partial charge < -0.3 is 19.4 Å². The molecule has 0 bridgehead atoms. The van der Waals surface area contributed by atoms with Crippen molar-refractivity contribution in [2.75, 3.05) is 12.9 Å². The molecule has 1 aromatic heterocycles. The molecule has 2 unspecified atom stereocenters. The van der Waals surface area contributed by atoms with E-state index >= 15 is 0 Å². The number of alkyl carbamates (subject to hydrolysis) is 1. The zero-order chi connectivity index (χ0) is 24.6. The van der Waals surface area contributed by atoms with Crippen molar-refractivity contribution in [3.63, 3.8) is 0 Å². The molecule has 1 saturated heterocycles. The second-order valence-electron chi connectivity index (χ2n) is 9.70. The number of hydrogen-bond donors (Lipinski definition) is 1. The Morgan fingerprint density at radius 1 is 1.32 bits per heavy atom. The molecule has 0 aliphatic carbocycles. The smallest absolute Gasteiger partial charge is 0.407 e. The molecule has 2 aromatic rings. The number of carbonyl (C=O) groups is 1. The van der Waals surface area contributed by atoms with E-state index in [4.69, 9.17) is 14.5 Å². The van der Waals surface area contributed by atoms with Gasteiger partial charge >= 0.3 is 6.09 Å². The molecule has 0 saturated carbocycles. The third kappa shape index (κ3) is 5.23. The van der Waals surface area contributed by atoms with Gasteiger partial charge in [-0.05, 0) is 58.6 Å². The van der Waals surface area contributed by atoms with E-state index in [9.17, 15) is 13.6 Å². The first kappa shape index (κ1) is 24.9. The molecule has 0 spiro atoms. The molecule has 3 atom stereocenters. The van der Waals surface area contributed by atoms with Gasteiger partial charge in [0.15, 0.2) is 5.16 Å². The summed E-state index contributed by atoms with van der Waals surface area (Å²) in [5.41, 5.74) is 1.66. The van der Waals surface area contributed by atoms with Crippen molar-refractivity contribution in [2.24, 2.45) is 0 Å². The van der Waals surface area contributed by atoms with Crippen LogP contribution in [0.4, 0.5) is 13.6 Å². The lowest BCUT2D eigenvalue weighted by atomic mass is 9.92. The lowest BCUT2D eigenvalue weighted by Crippen LogP contribution is -2.52. The fourth-order valence-electron chi connectivity index (χ4n) is 4.70. The van der Waals surface area contributed by atoms with Crippen LogP contribution in [0.2, 0.25) is 0 Å². The Hall–Kier alpha value is -2.17. The number of rotatable bonds is 5. The second kappa shape index (κ2) is 9.83. The number of ether oxygens (including phenoxy) is 2. The van der Waals surface area contributed by atoms with Crippen molar-refractivity contribution in [2.45, 2.75) is 82.7 Å². The Labute approximate surface area is 203 Å². The topological polar surface area (TPSA) is 68.6 Å². The van der Waals surface area contributed by atoms with Gasteiger partial charge in [-0.15, -0.1) is 0 Å². The Morgan fingerprint density at radius 3 is 2.76 bits per heavy atom. The summed E-state index contributed by atoms with van der Waals surface area (Å²) < 4.78 is 42.3. The minimum atomic E-state index is -0.824. The van der Waals surface area contributed by atoms with Crippen LogP contribution in [0, 0.1) is 11.6 Å². The fourth-order valence-corrected chi connectivity index (χ4v) is 5.36. The Morgan fingerprint density at radius 2 is 2.09 bits per heavy atom. The molecule has 10 heteroatoms. The largest absolute Gasteiger partial charge is 0.444 e. The molecule has 34 heavy (non-hydrogen) atoms. The van der Waals surface area contributed by atoms with Crippen LogP contribution in [0.3, 0.4) is 0 Å². The molecular formula is C24H32F2N4O3S. The van der Waals surface area contributed by atoms with E-state index in [-0.39, 0.29) is 11.6 Å². The van der Waals surface area contributed by atoms with E-state index in [0.29, 0.717) is 19.6 Å². The summed E-state index contributed by atoms with van der Waals surface area (Å²) in [6.07, 6.45) is 1.09. The number of imidazole rings is 1. The fraction of sp³-hybridized carbons (Fsp3) is 0.583. The lowest BCUT2D eigenvalue weighted by Gasteiger charge is -2.40. The number of nitrogens with one attached hydrogen (secondary N) is 1. The van der Waals surface area contributed by atoms with Crippen LogP contribution in [0.15, 0.2) is 23.4 Å². The van der Waals surface area contributed by atoms with Crippen molar-refractivity contribution in [1.29, 1.82) is 0 Å². The molecule has 1 aromatic carbocycles. The lowest BCUT2D eigenvalue weighted by molar-refractivity contribution is -0.0631. The molecule has 186 valence electrons. The molecule has 7 nitrogen and oxygen atoms in total. The Balaban J connectivity index is 1.54. The Bertz CT molecular complexity index is 1060. The second-order valence-corrected chi connectivity index (χ2v) is 10.5. The summed E-state index contributed by atoms with van der Waals surface area (Å²) in [6, 6.07) is 2.67. The van der Waals surface area contributed by atoms with Gasteiger partial charge in [0.2, 0.25) is 0 Å². The molecule has 4 rings (SSSR count). The standard InChI is InChI=1S/C24H32F2N4O3S/c1-6-30-20-12-29(11-19(20)27-22(30)34-5)15-10-18(28-23(31)33-24(2,3)4)21(32-13-15)16-9-14(25)7-8-17(16)26/h7-9,15,18,21H,6,10-13H2,1-5H3,(H,28,31)/t15?,18?,21-/m1/s1. The van der Waals surface area contributed by atoms with Gasteiger partial charge in [-0.2, -0.15) is 0 Å². The van der Waals surface area contributed by atoms with Crippen LogP contribution < -0.4 is 5.32 Å². The van der Waals surface area contributed by atoms with Gasteiger partial charge in [0.05, 0.1) is 24.0 Å². The number of amides is 1. The highest BCUT2D eigenvalue weighted by atomic mass is 32.2. The SMILES string of the molecule is CCn1c(SC)nc2c1CN(C1CO[C@H](c3cc(F)ccc3F)C(NC(=O)OC(C)(C)C)C1)C2. The maximum absolute atomic E-state index is 14.6. The van der Waals surface area contributed by atoms with Crippen LogP contribution in [-0.4, -0.2) is 51.1 Å². The number of halogens is 2. The zero-order valence-electron chi connectivity index (χ0n) is 20.2. The van der Waals surface area contributed by atoms with E-state index in [0.717, 1.165) is 42.1 Å². The minimum absolute atomic E-state index is 0.0231. The number of carbonyl (C=O) groups excluding carboxylic acids is 1. The van der Waals surface area contributed by atoms with Gasteiger partial charge in [0.25, 0.3) is 0 Å². The predicted octanol–water partition coefficient (Wildman–Crippen LogP) is 4.64. The van der Waals surface area contributed by atoms with Gasteiger partial charge in [-0.25, -0.2) is 18.6 Å². The average molecular weight is 495 g/mol. The first-order valence-electron chi connectivity index (χ1n) is 11.5. The van der Waals surface area contributed by atoms with E-state index < -0.39 is 35.5 Å². The number of aromatic nitrogens is 2. The predicted molar refractivity (Wildman–Crippen MR) is 126 cm³/mol. The van der Waals surface area contributed by atoms with E-state index in [2.05, 4.69) is 21.7 Å². The molecule has 1 N–H and O–H groups in total. The molecule has 0 radical (unpaired) electrons. The van der Waals surface area contributed by atoms with Crippen molar-refractivity contribution in [3.05, 3.63) is 46.8 Å². The van der Waals surface area contributed by atoms with Gasteiger partial charge in [0.1, 0.15) is 23.3 Å². The van der Waals surface area contributed by atoms with Gasteiger partial charge in [0, 0.05) is 31.2 Å². The van der Waals surface area contributed by atoms with E-state index in [1.807, 2.05) is 6.26 Å². The summed E-state index contributed by atoms with van der Waals surface area (Å²) in [6.45, 7) is 10.0. The Kier molecular flexibility index (Phi) is 7.21. The third-order valence-electron chi connectivity index (χ3n) is 6.17. The summed E-state index contributed by atoms with van der Waals surface area (Å²) in [5.74, 6) is -1.12. The van der Waals surface area contributed by atoms with Crippen LogP contribution in [0.5, 0.6) is 0 Å². The molecule has 3 heterocycles. The van der Waals surface area contributed by atoms with Crippen LogP contribution in [0.25, 0.3) is 0 Å². The molecule has 1 fully saturated rings. The van der Waals surface area contributed by atoms with Crippen LogP contribution in [0.1, 0.15) is 57.2 Å². The molecule has 2 aliphatic rings. The average Bonchev–Trinajstić information content (AvgIpc) is 3.31. The van der Waals surface area contributed by atoms with E-state index in [1.54, 1.807) is 32.5 Å². The summed E-state index contributed by atoms with van der Waals surface area (Å²) in [7, 11) is 0. The highest BCUT2D eigenvalue weighted by Crippen LogP contribution is 2.36. The number of nitrogens with zero attached hydrogens (tertiary/aromatic N) is 3. The maximum Gasteiger partial charge on any atom is 0.407 e. The van der Waals surface area contributed by atoms with E-state index in [1.165, 1.54) is 5.69 Å². The molecule has 2 aliphatic heterocycles. The van der Waals surface area contributed by atoms with Crippen molar-refractivity contribution >= 4 is 17.9 Å². The number of benzene rings is 1. The monoisotopic (exact) mass is 494 g/mol. The summed E-state index contributed by atoms with van der Waals surface area (Å²) in [5, 5.41) is 3.87. The normalized spacial score (nSPS) is 23.1. The highest BCUT2D eigenvalue weighted by molar-refractivity contribution is 7.98. The van der Waals surface area contributed by atoms with Gasteiger partial charge in [-0.3, -0.25) is 4.90 Å². The first-order valence-corrected chi connectivity index (χ1v) is 12.7. The number of hydrogen-bond acceptors (Lipinski definition) is 6. The summed E-state index contributed by atoms with van der Waals surface area (Å²) in [4.78, 5) is 19.6. The van der Waals surface area contributed by atoms with Gasteiger partial charge in [-0.1, -0.05) is 11.8 Å². The summed E-state index contributed by atoms with van der Waals surface area (Å²) >= 11 is 1.63. The van der Waals surface area contributed by atoms with Crippen molar-refractivity contribution in [3.8, 4) is 0 Å². The number of fused-ring (bicyclic) bond motifs is 1. The van der Waals surface area contributed by atoms with Crippen molar-refractivity contribution < 1.29 is 23.0 Å². The third-order valence-corrected chi connectivity index (χ3v) is 6.84. The van der Waals surface area contributed by atoms with Crippen LogP contribution >= 0.6 is 11.8 Å². The highest BCUT2D eigenvalue weighted by Gasteiger charge is 2.40. The van der Waals surface area contributed by atoms with Crippen molar-refractivity contribution in [1.82, 2.24) is 19.8 Å². The number of thioether (sulfide) groups is 1.